The van der Waals surface area contributed by atoms with Gasteiger partial charge in [0.2, 0.25) is 0 Å². The van der Waals surface area contributed by atoms with Gasteiger partial charge in [0.15, 0.2) is 0 Å². The molecule has 2 aliphatic carbocycles. The fourth-order valence-electron chi connectivity index (χ4n) is 7.97. The van der Waals surface area contributed by atoms with Crippen molar-refractivity contribution in [2.24, 2.45) is 15.9 Å². The van der Waals surface area contributed by atoms with Crippen molar-refractivity contribution in [1.82, 2.24) is 4.57 Å². The second-order valence-corrected chi connectivity index (χ2v) is 13.3. The highest BCUT2D eigenvalue weighted by molar-refractivity contribution is 6.36. The molecule has 2 aliphatic rings. The number of rotatable bonds is 7. The van der Waals surface area contributed by atoms with E-state index in [1.807, 2.05) is 0 Å². The highest BCUT2D eigenvalue weighted by atomic mass is 15.0. The monoisotopic (exact) mass is 643 g/mol. The highest BCUT2D eigenvalue weighted by Crippen LogP contribution is 2.45. The molecule has 0 amide bonds. The molecule has 0 saturated heterocycles. The van der Waals surface area contributed by atoms with E-state index in [1.54, 1.807) is 0 Å². The highest BCUT2D eigenvalue weighted by Gasteiger charge is 2.23. The van der Waals surface area contributed by atoms with Gasteiger partial charge in [-0.25, -0.2) is 0 Å². The van der Waals surface area contributed by atoms with Gasteiger partial charge >= 0.3 is 0 Å². The van der Waals surface area contributed by atoms with Crippen molar-refractivity contribution in [2.45, 2.75) is 25.8 Å². The predicted molar refractivity (Wildman–Crippen MR) is 215 cm³/mol. The van der Waals surface area contributed by atoms with Gasteiger partial charge in [-0.1, -0.05) is 140 Å². The van der Waals surface area contributed by atoms with Crippen molar-refractivity contribution < 1.29 is 0 Å². The van der Waals surface area contributed by atoms with E-state index in [1.165, 1.54) is 71.0 Å². The van der Waals surface area contributed by atoms with Crippen LogP contribution in [0.15, 0.2) is 179 Å². The third kappa shape index (κ3) is 5.14. The average molecular weight is 644 g/mol. The van der Waals surface area contributed by atoms with Crippen molar-refractivity contribution >= 4 is 72.2 Å². The summed E-state index contributed by atoms with van der Waals surface area (Å²) >= 11 is 0. The summed E-state index contributed by atoms with van der Waals surface area (Å²) in [5, 5.41) is 10.4. The second-order valence-electron chi connectivity index (χ2n) is 13.3. The molecule has 0 saturated carbocycles. The number of aliphatic imine (C=N–C) groups is 2. The molecule has 7 aromatic rings. The molecule has 1 aromatic heterocycles. The van der Waals surface area contributed by atoms with E-state index in [-0.39, 0.29) is 5.92 Å². The zero-order valence-electron chi connectivity index (χ0n) is 28.0. The summed E-state index contributed by atoms with van der Waals surface area (Å²) in [7, 11) is 0. The van der Waals surface area contributed by atoms with Crippen molar-refractivity contribution in [2.75, 3.05) is 0 Å². The molecule has 0 aliphatic heterocycles. The summed E-state index contributed by atoms with van der Waals surface area (Å²) < 4.78 is 2.55. The summed E-state index contributed by atoms with van der Waals surface area (Å²) in [5.74, 6) is 0.199. The molecule has 6 aromatic carbocycles. The maximum absolute atomic E-state index is 5.20. The standard InChI is InChI=1S/C47H37N3/c1-48-42(34-17-6-3-7-18-34)30-43(49-31-32-14-4-2-5-15-32)35-24-27-36(28-25-35)50-44-29-26-33-16-8-9-19-37(33)45(44)46-40-22-12-10-20-38(40)39-21-11-13-23-41(39)47(46)50/h2-17,19-24,26-27,29-30,34H,1,18,25,28,31H2/b42-30-,49-43?. The molecule has 3 heteroatoms. The van der Waals surface area contributed by atoms with Crippen LogP contribution in [0.1, 0.15) is 24.8 Å². The summed E-state index contributed by atoms with van der Waals surface area (Å²) in [5.41, 5.74) is 8.18. The smallest absolute Gasteiger partial charge is 0.0647 e. The number of aromatic nitrogens is 1. The maximum atomic E-state index is 5.20. The van der Waals surface area contributed by atoms with Gasteiger partial charge in [0.25, 0.3) is 0 Å². The molecule has 50 heavy (non-hydrogen) atoms. The van der Waals surface area contributed by atoms with E-state index in [2.05, 4.69) is 174 Å². The van der Waals surface area contributed by atoms with Crippen LogP contribution in [-0.2, 0) is 6.54 Å². The lowest BCUT2D eigenvalue weighted by molar-refractivity contribution is 0.759. The van der Waals surface area contributed by atoms with Gasteiger partial charge in [-0.2, -0.15) is 0 Å². The second kappa shape index (κ2) is 12.8. The van der Waals surface area contributed by atoms with Gasteiger partial charge in [0.05, 0.1) is 23.3 Å². The lowest BCUT2D eigenvalue weighted by Gasteiger charge is -2.20. The zero-order valence-corrected chi connectivity index (χ0v) is 28.0. The maximum Gasteiger partial charge on any atom is 0.0647 e. The molecule has 0 N–H and O–H groups in total. The van der Waals surface area contributed by atoms with Crippen LogP contribution in [0, 0.1) is 5.92 Å². The number of hydrogen-bond acceptors (Lipinski definition) is 2. The molecule has 9 rings (SSSR count). The normalized spacial score (nSPS) is 16.8. The summed E-state index contributed by atoms with van der Waals surface area (Å²) in [6.45, 7) is 4.57. The van der Waals surface area contributed by atoms with E-state index in [0.717, 1.165) is 30.7 Å². The van der Waals surface area contributed by atoms with Gasteiger partial charge in [0, 0.05) is 33.5 Å². The first-order valence-corrected chi connectivity index (χ1v) is 17.5. The van der Waals surface area contributed by atoms with Crippen LogP contribution in [0.2, 0.25) is 0 Å². The first-order chi connectivity index (χ1) is 24.8. The fraction of sp³-hybridized carbons (Fsp3) is 0.106. The molecule has 3 nitrogen and oxygen atoms in total. The third-order valence-electron chi connectivity index (χ3n) is 10.4. The Balaban J connectivity index is 1.26. The minimum Gasteiger partial charge on any atom is -0.312 e. The van der Waals surface area contributed by atoms with Crippen LogP contribution < -0.4 is 0 Å². The minimum absolute atomic E-state index is 0.199. The number of hydrogen-bond donors (Lipinski definition) is 0. The summed E-state index contributed by atoms with van der Waals surface area (Å²) in [4.78, 5) is 9.71. The van der Waals surface area contributed by atoms with Gasteiger partial charge in [0.1, 0.15) is 0 Å². The average Bonchev–Trinajstić information content (AvgIpc) is 3.55. The largest absolute Gasteiger partial charge is 0.312 e. The Bertz CT molecular complexity index is 2660. The van der Waals surface area contributed by atoms with Crippen LogP contribution in [-0.4, -0.2) is 17.0 Å². The van der Waals surface area contributed by atoms with Gasteiger partial charge in [-0.05, 0) is 82.3 Å². The number of allylic oxidation sites excluding steroid dienone is 9. The molecule has 0 radical (unpaired) electrons. The Morgan fingerprint density at radius 3 is 2.16 bits per heavy atom. The minimum atomic E-state index is 0.199. The Morgan fingerprint density at radius 1 is 0.700 bits per heavy atom. The first-order valence-electron chi connectivity index (χ1n) is 17.5. The van der Waals surface area contributed by atoms with E-state index < -0.39 is 0 Å². The van der Waals surface area contributed by atoms with E-state index in [4.69, 9.17) is 4.99 Å². The first kappa shape index (κ1) is 30.0. The van der Waals surface area contributed by atoms with Crippen LogP contribution in [0.5, 0.6) is 0 Å². The van der Waals surface area contributed by atoms with Crippen molar-refractivity contribution in [3.05, 3.63) is 175 Å². The Labute approximate surface area is 292 Å². The fourth-order valence-corrected chi connectivity index (χ4v) is 7.97. The van der Waals surface area contributed by atoms with Crippen molar-refractivity contribution in [3.8, 4) is 0 Å². The predicted octanol–water partition coefficient (Wildman–Crippen LogP) is 12.2. The van der Waals surface area contributed by atoms with Crippen molar-refractivity contribution in [3.63, 3.8) is 0 Å². The van der Waals surface area contributed by atoms with Crippen molar-refractivity contribution in [1.29, 1.82) is 0 Å². The molecule has 0 bridgehead atoms. The molecule has 1 unspecified atom stereocenters. The van der Waals surface area contributed by atoms with Crippen LogP contribution in [0.25, 0.3) is 59.8 Å². The molecule has 240 valence electrons. The van der Waals surface area contributed by atoms with Gasteiger partial charge in [-0.3, -0.25) is 9.98 Å². The van der Waals surface area contributed by atoms with Crippen LogP contribution >= 0.6 is 0 Å². The number of nitrogens with zero attached hydrogens (tertiary/aromatic N) is 3. The zero-order chi connectivity index (χ0) is 33.4. The molecule has 0 fully saturated rings. The molecule has 1 atom stereocenters. The topological polar surface area (TPSA) is 29.6 Å². The molecule has 0 spiro atoms. The molecular weight excluding hydrogens is 607 g/mol. The molecule has 1 heterocycles. The lowest BCUT2D eigenvalue weighted by Crippen LogP contribution is -2.10. The lowest BCUT2D eigenvalue weighted by atomic mass is 9.93. The summed E-state index contributed by atoms with van der Waals surface area (Å²) in [6, 6.07) is 41.7. The number of benzene rings is 6. The Morgan fingerprint density at radius 2 is 1.42 bits per heavy atom. The number of fused-ring (bicyclic) bond motifs is 10. The summed E-state index contributed by atoms with van der Waals surface area (Å²) in [6.07, 6.45) is 18.1. The van der Waals surface area contributed by atoms with Gasteiger partial charge in [-0.15, -0.1) is 0 Å². The third-order valence-corrected chi connectivity index (χ3v) is 10.4. The quantitative estimate of drug-likeness (QED) is 0.122. The Kier molecular flexibility index (Phi) is 7.66. The SMILES string of the molecule is C=N/C(=C\C(=NCc1ccccc1)C1=CC=C(n2c3ccc4ccccc4c3c3c4ccccc4c4ccccc4c32)CC1)C1C=CC=CC1. The van der Waals surface area contributed by atoms with E-state index in [0.29, 0.717) is 6.54 Å². The molecular formula is C47H37N3. The van der Waals surface area contributed by atoms with Crippen LogP contribution in [0.3, 0.4) is 0 Å². The van der Waals surface area contributed by atoms with E-state index >= 15 is 0 Å². The van der Waals surface area contributed by atoms with Crippen LogP contribution in [0.4, 0.5) is 0 Å². The van der Waals surface area contributed by atoms with E-state index in [9.17, 15) is 0 Å². The van der Waals surface area contributed by atoms with Gasteiger partial charge < -0.3 is 4.57 Å². The Hall–Kier alpha value is -6.06.